The first kappa shape index (κ1) is 15.6. The van der Waals surface area contributed by atoms with Gasteiger partial charge in [-0.3, -0.25) is 0 Å². The SMILES string of the molecule is CCOc1ncccc1C(=O)Oc1cc(OC)cc(OC)c1. The van der Waals surface area contributed by atoms with Crippen LogP contribution in [0.2, 0.25) is 0 Å². The summed E-state index contributed by atoms with van der Waals surface area (Å²) in [6.45, 7) is 2.22. The Morgan fingerprint density at radius 3 is 2.32 bits per heavy atom. The van der Waals surface area contributed by atoms with Gasteiger partial charge in [-0.05, 0) is 19.1 Å². The fourth-order valence-corrected chi connectivity index (χ4v) is 1.80. The van der Waals surface area contributed by atoms with E-state index in [4.69, 9.17) is 18.9 Å². The molecule has 0 radical (unpaired) electrons. The molecule has 0 amide bonds. The molecule has 0 fully saturated rings. The zero-order chi connectivity index (χ0) is 15.9. The van der Waals surface area contributed by atoms with E-state index in [0.29, 0.717) is 23.9 Å². The van der Waals surface area contributed by atoms with Crippen molar-refractivity contribution in [2.24, 2.45) is 0 Å². The van der Waals surface area contributed by atoms with Crippen LogP contribution in [0.25, 0.3) is 0 Å². The van der Waals surface area contributed by atoms with E-state index < -0.39 is 5.97 Å². The maximum atomic E-state index is 12.3. The van der Waals surface area contributed by atoms with E-state index in [-0.39, 0.29) is 11.4 Å². The van der Waals surface area contributed by atoms with Crippen LogP contribution in [0, 0.1) is 0 Å². The summed E-state index contributed by atoms with van der Waals surface area (Å²) in [5, 5.41) is 0. The number of pyridine rings is 1. The highest BCUT2D eigenvalue weighted by Crippen LogP contribution is 2.28. The Morgan fingerprint density at radius 1 is 1.09 bits per heavy atom. The molecule has 0 saturated carbocycles. The summed E-state index contributed by atoms with van der Waals surface area (Å²) in [4.78, 5) is 16.3. The van der Waals surface area contributed by atoms with Gasteiger partial charge in [0.25, 0.3) is 0 Å². The van der Waals surface area contributed by atoms with Gasteiger partial charge in [-0.15, -0.1) is 0 Å². The van der Waals surface area contributed by atoms with E-state index in [1.807, 2.05) is 6.92 Å². The number of nitrogens with zero attached hydrogens (tertiary/aromatic N) is 1. The molecule has 0 aliphatic carbocycles. The summed E-state index contributed by atoms with van der Waals surface area (Å²) < 4.78 is 21.0. The van der Waals surface area contributed by atoms with Gasteiger partial charge in [0.05, 0.1) is 20.8 Å². The fraction of sp³-hybridized carbons (Fsp3) is 0.250. The van der Waals surface area contributed by atoms with Crippen molar-refractivity contribution >= 4 is 5.97 Å². The number of methoxy groups -OCH3 is 2. The summed E-state index contributed by atoms with van der Waals surface area (Å²) in [6.07, 6.45) is 1.55. The lowest BCUT2D eigenvalue weighted by atomic mass is 10.2. The third kappa shape index (κ3) is 3.66. The average molecular weight is 303 g/mol. The van der Waals surface area contributed by atoms with Gasteiger partial charge in [0.15, 0.2) is 0 Å². The molecule has 0 aliphatic heterocycles. The molecule has 116 valence electrons. The molecule has 6 heteroatoms. The van der Waals surface area contributed by atoms with E-state index in [1.54, 1.807) is 36.5 Å². The van der Waals surface area contributed by atoms with E-state index in [0.717, 1.165) is 0 Å². The Kier molecular flexibility index (Phi) is 5.19. The molecule has 1 aromatic carbocycles. The maximum absolute atomic E-state index is 12.3. The van der Waals surface area contributed by atoms with E-state index >= 15 is 0 Å². The predicted octanol–water partition coefficient (Wildman–Crippen LogP) is 2.72. The lowest BCUT2D eigenvalue weighted by Crippen LogP contribution is -2.12. The van der Waals surface area contributed by atoms with Crippen molar-refractivity contribution in [1.29, 1.82) is 0 Å². The molecule has 0 spiro atoms. The Bertz CT molecular complexity index is 634. The van der Waals surface area contributed by atoms with Crippen molar-refractivity contribution in [3.63, 3.8) is 0 Å². The number of carbonyl (C=O) groups is 1. The van der Waals surface area contributed by atoms with Crippen molar-refractivity contribution in [3.05, 3.63) is 42.1 Å². The van der Waals surface area contributed by atoms with Crippen LogP contribution >= 0.6 is 0 Å². The Labute approximate surface area is 128 Å². The molecule has 1 aromatic heterocycles. The normalized spacial score (nSPS) is 9.95. The highest BCUT2D eigenvalue weighted by Gasteiger charge is 2.16. The summed E-state index contributed by atoms with van der Waals surface area (Å²) in [6, 6.07) is 8.12. The number of rotatable bonds is 6. The van der Waals surface area contributed by atoms with Crippen molar-refractivity contribution in [2.45, 2.75) is 6.92 Å². The van der Waals surface area contributed by atoms with Gasteiger partial charge in [-0.25, -0.2) is 9.78 Å². The van der Waals surface area contributed by atoms with Gasteiger partial charge in [0, 0.05) is 24.4 Å². The first-order valence-corrected chi connectivity index (χ1v) is 6.71. The summed E-state index contributed by atoms with van der Waals surface area (Å²) in [7, 11) is 3.05. The number of esters is 1. The number of benzene rings is 1. The largest absolute Gasteiger partial charge is 0.496 e. The zero-order valence-electron chi connectivity index (χ0n) is 12.7. The number of hydrogen-bond acceptors (Lipinski definition) is 6. The molecule has 0 N–H and O–H groups in total. The molecule has 1 heterocycles. The van der Waals surface area contributed by atoms with Crippen LogP contribution in [-0.2, 0) is 0 Å². The Morgan fingerprint density at radius 2 is 1.73 bits per heavy atom. The van der Waals surface area contributed by atoms with Crippen molar-refractivity contribution < 1.29 is 23.7 Å². The smallest absolute Gasteiger partial charge is 0.349 e. The first-order chi connectivity index (χ1) is 10.7. The van der Waals surface area contributed by atoms with Gasteiger partial charge < -0.3 is 18.9 Å². The zero-order valence-corrected chi connectivity index (χ0v) is 12.7. The Hall–Kier alpha value is -2.76. The second kappa shape index (κ2) is 7.31. The monoisotopic (exact) mass is 303 g/mol. The second-order valence-electron chi connectivity index (χ2n) is 4.23. The molecule has 2 aromatic rings. The van der Waals surface area contributed by atoms with Gasteiger partial charge in [0.1, 0.15) is 22.8 Å². The number of carbonyl (C=O) groups excluding carboxylic acids is 1. The molecule has 0 aliphatic rings. The third-order valence-electron chi connectivity index (χ3n) is 2.81. The Balaban J connectivity index is 2.25. The minimum atomic E-state index is -0.563. The minimum absolute atomic E-state index is 0.241. The molecular formula is C16H17NO5. The average Bonchev–Trinajstić information content (AvgIpc) is 2.55. The molecule has 0 atom stereocenters. The van der Waals surface area contributed by atoms with Gasteiger partial charge in [-0.1, -0.05) is 0 Å². The molecule has 0 unspecified atom stereocenters. The van der Waals surface area contributed by atoms with Crippen molar-refractivity contribution in [3.8, 4) is 23.1 Å². The van der Waals surface area contributed by atoms with Gasteiger partial charge >= 0.3 is 5.97 Å². The van der Waals surface area contributed by atoms with Crippen molar-refractivity contribution in [2.75, 3.05) is 20.8 Å². The van der Waals surface area contributed by atoms with Crippen LogP contribution in [0.15, 0.2) is 36.5 Å². The molecule has 2 rings (SSSR count). The maximum Gasteiger partial charge on any atom is 0.349 e. The number of hydrogen-bond donors (Lipinski definition) is 0. The van der Waals surface area contributed by atoms with Crippen LogP contribution in [0.3, 0.4) is 0 Å². The topological polar surface area (TPSA) is 66.9 Å². The van der Waals surface area contributed by atoms with E-state index in [9.17, 15) is 4.79 Å². The minimum Gasteiger partial charge on any atom is -0.496 e. The lowest BCUT2D eigenvalue weighted by molar-refractivity contribution is 0.0729. The van der Waals surface area contributed by atoms with Crippen molar-refractivity contribution in [1.82, 2.24) is 4.98 Å². The molecular weight excluding hydrogens is 286 g/mol. The summed E-state index contributed by atoms with van der Waals surface area (Å²) >= 11 is 0. The summed E-state index contributed by atoms with van der Waals surface area (Å²) in [5.74, 6) is 1.04. The second-order valence-corrected chi connectivity index (χ2v) is 4.23. The third-order valence-corrected chi connectivity index (χ3v) is 2.81. The number of aromatic nitrogens is 1. The fourth-order valence-electron chi connectivity index (χ4n) is 1.80. The number of ether oxygens (including phenoxy) is 4. The quantitative estimate of drug-likeness (QED) is 0.604. The molecule has 6 nitrogen and oxygen atoms in total. The lowest BCUT2D eigenvalue weighted by Gasteiger charge is -2.10. The summed E-state index contributed by atoms with van der Waals surface area (Å²) in [5.41, 5.74) is 0.256. The van der Waals surface area contributed by atoms with Crippen LogP contribution in [0.4, 0.5) is 0 Å². The van der Waals surface area contributed by atoms with Crippen LogP contribution in [0.5, 0.6) is 23.1 Å². The van der Waals surface area contributed by atoms with Crippen LogP contribution in [0.1, 0.15) is 17.3 Å². The van der Waals surface area contributed by atoms with E-state index in [2.05, 4.69) is 4.98 Å². The molecule has 0 saturated heterocycles. The predicted molar refractivity (Wildman–Crippen MR) is 79.9 cm³/mol. The first-order valence-electron chi connectivity index (χ1n) is 6.71. The molecule has 0 bridgehead atoms. The van der Waals surface area contributed by atoms with E-state index in [1.165, 1.54) is 14.2 Å². The van der Waals surface area contributed by atoms with Crippen LogP contribution < -0.4 is 18.9 Å². The van der Waals surface area contributed by atoms with Gasteiger partial charge in [0.2, 0.25) is 5.88 Å². The highest BCUT2D eigenvalue weighted by molar-refractivity contribution is 5.93. The molecule has 22 heavy (non-hydrogen) atoms. The standard InChI is InChI=1S/C16H17NO5/c1-4-21-15-14(6-5-7-17-15)16(18)22-13-9-11(19-2)8-12(10-13)20-3/h5-10H,4H2,1-3H3. The highest BCUT2D eigenvalue weighted by atomic mass is 16.5. The van der Waals surface area contributed by atoms with Gasteiger partial charge in [-0.2, -0.15) is 0 Å². The van der Waals surface area contributed by atoms with Crippen LogP contribution in [-0.4, -0.2) is 31.8 Å².